The minimum atomic E-state index is -0.517. The number of benzene rings is 1. The van der Waals surface area contributed by atoms with Crippen LogP contribution in [0.4, 0.5) is 4.39 Å². The van der Waals surface area contributed by atoms with E-state index in [1.54, 1.807) is 0 Å². The second kappa shape index (κ2) is 2.85. The zero-order valence-electron chi connectivity index (χ0n) is 6.47. The van der Waals surface area contributed by atoms with Gasteiger partial charge in [0.15, 0.2) is 6.29 Å². The molecule has 4 heteroatoms. The molecule has 66 valence electrons. The first kappa shape index (κ1) is 8.26. The molecule has 1 N–H and O–H groups in total. The van der Waals surface area contributed by atoms with Gasteiger partial charge in [0.05, 0.1) is 5.02 Å². The summed E-state index contributed by atoms with van der Waals surface area (Å²) in [5.41, 5.74) is 1.10. The van der Waals surface area contributed by atoms with Gasteiger partial charge in [-0.15, -0.1) is 0 Å². The largest absolute Gasteiger partial charge is 0.360 e. The number of hydrogen-bond donors (Lipinski definition) is 1. The van der Waals surface area contributed by atoms with E-state index in [-0.39, 0.29) is 5.02 Å². The van der Waals surface area contributed by atoms with E-state index in [2.05, 4.69) is 4.98 Å². The van der Waals surface area contributed by atoms with Gasteiger partial charge in [-0.2, -0.15) is 0 Å². The number of H-pyrrole nitrogens is 1. The van der Waals surface area contributed by atoms with Gasteiger partial charge in [0.25, 0.3) is 0 Å². The van der Waals surface area contributed by atoms with Crippen LogP contribution in [-0.4, -0.2) is 11.3 Å². The summed E-state index contributed by atoms with van der Waals surface area (Å²) >= 11 is 5.56. The molecule has 0 radical (unpaired) electrons. The van der Waals surface area contributed by atoms with Crippen molar-refractivity contribution in [1.82, 2.24) is 4.98 Å². The Bertz CT molecular complexity index is 478. The average Bonchev–Trinajstić information content (AvgIpc) is 2.48. The van der Waals surface area contributed by atoms with Crippen LogP contribution < -0.4 is 0 Å². The number of halogens is 2. The summed E-state index contributed by atoms with van der Waals surface area (Å²) in [7, 11) is 0. The Hall–Kier alpha value is -1.35. The number of aromatic amines is 1. The van der Waals surface area contributed by atoms with Crippen molar-refractivity contribution < 1.29 is 9.18 Å². The van der Waals surface area contributed by atoms with E-state index in [1.165, 1.54) is 18.3 Å². The standard InChI is InChI=1S/C9H5ClFNO/c10-7-2-9-6(1-8(7)11)5(4-13)3-12-9/h1-4,12H. The van der Waals surface area contributed by atoms with Gasteiger partial charge >= 0.3 is 0 Å². The highest BCUT2D eigenvalue weighted by atomic mass is 35.5. The first-order valence-electron chi connectivity index (χ1n) is 3.63. The maximum absolute atomic E-state index is 13.0. The van der Waals surface area contributed by atoms with Crippen molar-refractivity contribution in [2.45, 2.75) is 0 Å². The number of rotatable bonds is 1. The Morgan fingerprint density at radius 3 is 2.92 bits per heavy atom. The maximum Gasteiger partial charge on any atom is 0.152 e. The molecule has 0 fully saturated rings. The number of carbonyl (C=O) groups excluding carboxylic acids is 1. The molecular formula is C9H5ClFNO. The molecule has 1 aromatic carbocycles. The number of carbonyl (C=O) groups is 1. The van der Waals surface area contributed by atoms with E-state index in [0.29, 0.717) is 22.8 Å². The molecule has 0 saturated heterocycles. The SMILES string of the molecule is O=Cc1c[nH]c2cc(Cl)c(F)cc12. The summed E-state index contributed by atoms with van der Waals surface area (Å²) in [6.45, 7) is 0. The normalized spacial score (nSPS) is 10.6. The van der Waals surface area contributed by atoms with Crippen LogP contribution >= 0.6 is 11.6 Å². The third-order valence-corrected chi connectivity index (χ3v) is 2.17. The van der Waals surface area contributed by atoms with Gasteiger partial charge in [-0.1, -0.05) is 11.6 Å². The molecular weight excluding hydrogens is 193 g/mol. The molecule has 0 unspecified atom stereocenters. The third kappa shape index (κ3) is 1.21. The topological polar surface area (TPSA) is 32.9 Å². The fourth-order valence-corrected chi connectivity index (χ4v) is 1.40. The first-order valence-corrected chi connectivity index (χ1v) is 4.01. The summed E-state index contributed by atoms with van der Waals surface area (Å²) in [5, 5.41) is 0.601. The van der Waals surface area contributed by atoms with Gasteiger partial charge in [0, 0.05) is 22.7 Å². The fraction of sp³-hybridized carbons (Fsp3) is 0. The molecule has 2 nitrogen and oxygen atoms in total. The van der Waals surface area contributed by atoms with Crippen LogP contribution in [0.1, 0.15) is 10.4 Å². The fourth-order valence-electron chi connectivity index (χ4n) is 1.24. The van der Waals surface area contributed by atoms with Crippen LogP contribution in [-0.2, 0) is 0 Å². The van der Waals surface area contributed by atoms with Crippen LogP contribution in [0.3, 0.4) is 0 Å². The van der Waals surface area contributed by atoms with Crippen molar-refractivity contribution in [2.24, 2.45) is 0 Å². The summed E-state index contributed by atoms with van der Waals surface area (Å²) in [5.74, 6) is -0.517. The maximum atomic E-state index is 13.0. The Morgan fingerprint density at radius 2 is 2.23 bits per heavy atom. The van der Waals surface area contributed by atoms with Crippen LogP contribution in [0.5, 0.6) is 0 Å². The zero-order valence-corrected chi connectivity index (χ0v) is 7.23. The molecule has 0 amide bonds. The molecule has 13 heavy (non-hydrogen) atoms. The number of aldehydes is 1. The number of nitrogens with one attached hydrogen (secondary N) is 1. The van der Waals surface area contributed by atoms with E-state index in [4.69, 9.17) is 11.6 Å². The molecule has 1 heterocycles. The van der Waals surface area contributed by atoms with E-state index >= 15 is 0 Å². The summed E-state index contributed by atoms with van der Waals surface area (Å²) in [6.07, 6.45) is 2.19. The lowest BCUT2D eigenvalue weighted by Crippen LogP contribution is -1.79. The Labute approximate surface area is 78.3 Å². The van der Waals surface area contributed by atoms with Crippen molar-refractivity contribution in [2.75, 3.05) is 0 Å². The minimum absolute atomic E-state index is 0.0480. The molecule has 0 saturated carbocycles. The monoisotopic (exact) mass is 197 g/mol. The van der Waals surface area contributed by atoms with Gasteiger partial charge in [0.1, 0.15) is 5.82 Å². The van der Waals surface area contributed by atoms with E-state index in [9.17, 15) is 9.18 Å². The number of hydrogen-bond acceptors (Lipinski definition) is 1. The Balaban J connectivity index is 2.84. The molecule has 0 aliphatic heterocycles. The lowest BCUT2D eigenvalue weighted by Gasteiger charge is -1.94. The highest BCUT2D eigenvalue weighted by molar-refractivity contribution is 6.31. The second-order valence-corrected chi connectivity index (χ2v) is 3.08. The van der Waals surface area contributed by atoms with E-state index in [1.807, 2.05) is 0 Å². The van der Waals surface area contributed by atoms with Crippen molar-refractivity contribution in [3.8, 4) is 0 Å². The lowest BCUT2D eigenvalue weighted by molar-refractivity contribution is 0.112. The van der Waals surface area contributed by atoms with Gasteiger partial charge in [0.2, 0.25) is 0 Å². The number of fused-ring (bicyclic) bond motifs is 1. The highest BCUT2D eigenvalue weighted by Gasteiger charge is 2.06. The molecule has 2 rings (SSSR count). The lowest BCUT2D eigenvalue weighted by atomic mass is 10.2. The molecule has 1 aromatic heterocycles. The summed E-state index contributed by atoms with van der Waals surface area (Å²) in [6, 6.07) is 2.71. The predicted molar refractivity (Wildman–Crippen MR) is 48.7 cm³/mol. The summed E-state index contributed by atoms with van der Waals surface area (Å²) < 4.78 is 13.0. The van der Waals surface area contributed by atoms with Gasteiger partial charge < -0.3 is 4.98 Å². The van der Waals surface area contributed by atoms with Crippen LogP contribution in [0.25, 0.3) is 10.9 Å². The smallest absolute Gasteiger partial charge is 0.152 e. The van der Waals surface area contributed by atoms with Gasteiger partial charge in [-0.05, 0) is 12.1 Å². The third-order valence-electron chi connectivity index (χ3n) is 1.88. The van der Waals surface area contributed by atoms with E-state index in [0.717, 1.165) is 0 Å². The Kier molecular flexibility index (Phi) is 1.81. The first-order chi connectivity index (χ1) is 6.22. The zero-order chi connectivity index (χ0) is 9.42. The molecule has 0 bridgehead atoms. The van der Waals surface area contributed by atoms with E-state index < -0.39 is 5.82 Å². The van der Waals surface area contributed by atoms with Crippen molar-refractivity contribution in [3.63, 3.8) is 0 Å². The van der Waals surface area contributed by atoms with Crippen molar-refractivity contribution in [3.05, 3.63) is 34.7 Å². The predicted octanol–water partition coefficient (Wildman–Crippen LogP) is 2.77. The second-order valence-electron chi connectivity index (χ2n) is 2.67. The molecule has 2 aromatic rings. The van der Waals surface area contributed by atoms with Crippen molar-refractivity contribution in [1.29, 1.82) is 0 Å². The van der Waals surface area contributed by atoms with Gasteiger partial charge in [-0.25, -0.2) is 4.39 Å². The molecule has 0 aliphatic rings. The molecule has 0 atom stereocenters. The van der Waals surface area contributed by atoms with Crippen LogP contribution in [0.2, 0.25) is 5.02 Å². The highest BCUT2D eigenvalue weighted by Crippen LogP contribution is 2.23. The summed E-state index contributed by atoms with van der Waals surface area (Å²) in [4.78, 5) is 13.3. The van der Waals surface area contributed by atoms with Crippen molar-refractivity contribution >= 4 is 28.8 Å². The quantitative estimate of drug-likeness (QED) is 0.701. The van der Waals surface area contributed by atoms with Crippen LogP contribution in [0.15, 0.2) is 18.3 Å². The minimum Gasteiger partial charge on any atom is -0.360 e. The number of aromatic nitrogens is 1. The van der Waals surface area contributed by atoms with Crippen LogP contribution in [0, 0.1) is 5.82 Å². The molecule has 0 aliphatic carbocycles. The molecule has 0 spiro atoms. The average molecular weight is 198 g/mol. The van der Waals surface area contributed by atoms with Gasteiger partial charge in [-0.3, -0.25) is 4.79 Å². The Morgan fingerprint density at radius 1 is 1.46 bits per heavy atom.